The Kier molecular flexibility index (Phi) is 3.97. The Morgan fingerprint density at radius 1 is 0.824 bits per heavy atom. The first-order valence-corrected chi connectivity index (χ1v) is 6.87. The van der Waals surface area contributed by atoms with Gasteiger partial charge in [-0.05, 0) is 81.6 Å². The molecule has 0 aromatic heterocycles. The van der Waals surface area contributed by atoms with Crippen molar-refractivity contribution in [3.05, 3.63) is 43.5 Å². The molecule has 3 nitrogen and oxygen atoms in total. The lowest BCUT2D eigenvalue weighted by atomic mass is 10.3. The molecule has 5 heteroatoms. The van der Waals surface area contributed by atoms with E-state index in [0.29, 0.717) is 11.5 Å². The smallest absolute Gasteiger partial charge is 0.142 e. The van der Waals surface area contributed by atoms with Crippen molar-refractivity contribution in [3.8, 4) is 23.0 Å². The average molecular weight is 454 g/mol. The number of rotatable bonds is 2. The van der Waals surface area contributed by atoms with Gasteiger partial charge in [0.25, 0.3) is 0 Å². The fourth-order valence-electron chi connectivity index (χ4n) is 1.25. The number of aromatic hydroxyl groups is 2. The van der Waals surface area contributed by atoms with Crippen LogP contribution in [0, 0.1) is 7.14 Å². The molecular formula is C12H8I2O3. The Hall–Kier alpha value is -0.700. The molecule has 0 fully saturated rings. The molecule has 0 amide bonds. The summed E-state index contributed by atoms with van der Waals surface area (Å²) in [7, 11) is 0. The Balaban J connectivity index is 2.27. The largest absolute Gasteiger partial charge is 0.508 e. The van der Waals surface area contributed by atoms with E-state index in [1.165, 1.54) is 0 Å². The molecule has 0 heterocycles. The van der Waals surface area contributed by atoms with Crippen molar-refractivity contribution < 1.29 is 14.9 Å². The number of halogens is 2. The van der Waals surface area contributed by atoms with Crippen LogP contribution < -0.4 is 4.74 Å². The number of hydrogen-bond donors (Lipinski definition) is 2. The molecule has 2 N–H and O–H groups in total. The molecule has 0 bridgehead atoms. The van der Waals surface area contributed by atoms with Gasteiger partial charge in [-0.1, -0.05) is 0 Å². The van der Waals surface area contributed by atoms with Crippen LogP contribution in [0.1, 0.15) is 0 Å². The van der Waals surface area contributed by atoms with Gasteiger partial charge in [0.15, 0.2) is 0 Å². The second kappa shape index (κ2) is 5.30. The SMILES string of the molecule is Oc1ccc(Oc2cc(I)c(O)c(I)c2)cc1. The lowest BCUT2D eigenvalue weighted by Gasteiger charge is -2.08. The van der Waals surface area contributed by atoms with Crippen LogP contribution in [0.4, 0.5) is 0 Å². The van der Waals surface area contributed by atoms with Crippen molar-refractivity contribution in [3.63, 3.8) is 0 Å². The second-order valence-electron chi connectivity index (χ2n) is 3.33. The predicted octanol–water partition coefficient (Wildman–Crippen LogP) is 4.10. The molecule has 0 atom stereocenters. The molecule has 0 unspecified atom stereocenters. The maximum Gasteiger partial charge on any atom is 0.142 e. The third-order valence-electron chi connectivity index (χ3n) is 2.06. The van der Waals surface area contributed by atoms with Crippen LogP contribution in [-0.2, 0) is 0 Å². The maximum atomic E-state index is 9.63. The van der Waals surface area contributed by atoms with Gasteiger partial charge in [-0.25, -0.2) is 0 Å². The summed E-state index contributed by atoms with van der Waals surface area (Å²) in [6.07, 6.45) is 0. The minimum absolute atomic E-state index is 0.201. The molecule has 2 rings (SSSR count). The number of phenols is 2. The topological polar surface area (TPSA) is 49.7 Å². The van der Waals surface area contributed by atoms with Crippen LogP contribution in [0.3, 0.4) is 0 Å². The summed E-state index contributed by atoms with van der Waals surface area (Å²) in [5.41, 5.74) is 0. The normalized spacial score (nSPS) is 10.2. The first kappa shape index (κ1) is 12.7. The lowest BCUT2D eigenvalue weighted by molar-refractivity contribution is 0.454. The Morgan fingerprint density at radius 2 is 1.35 bits per heavy atom. The zero-order valence-electron chi connectivity index (χ0n) is 8.52. The lowest BCUT2D eigenvalue weighted by Crippen LogP contribution is -1.87. The molecule has 0 aliphatic rings. The monoisotopic (exact) mass is 454 g/mol. The highest BCUT2D eigenvalue weighted by Crippen LogP contribution is 2.33. The predicted molar refractivity (Wildman–Crippen MR) is 81.7 cm³/mol. The summed E-state index contributed by atoms with van der Waals surface area (Å²) in [4.78, 5) is 0. The van der Waals surface area contributed by atoms with E-state index in [1.54, 1.807) is 36.4 Å². The van der Waals surface area contributed by atoms with Gasteiger partial charge in [0.1, 0.15) is 23.0 Å². The van der Waals surface area contributed by atoms with Crippen molar-refractivity contribution in [2.75, 3.05) is 0 Å². The van der Waals surface area contributed by atoms with Crippen LogP contribution in [0.5, 0.6) is 23.0 Å². The fraction of sp³-hybridized carbons (Fsp3) is 0. The molecule has 2 aromatic rings. The Bertz CT molecular complexity index is 515. The van der Waals surface area contributed by atoms with Gasteiger partial charge >= 0.3 is 0 Å². The number of phenolic OH excluding ortho intramolecular Hbond substituents is 2. The molecule has 88 valence electrons. The summed E-state index contributed by atoms with van der Waals surface area (Å²) >= 11 is 4.10. The zero-order valence-corrected chi connectivity index (χ0v) is 12.8. The maximum absolute atomic E-state index is 9.63. The van der Waals surface area contributed by atoms with E-state index >= 15 is 0 Å². The Morgan fingerprint density at radius 3 is 1.88 bits per heavy atom. The third kappa shape index (κ3) is 3.15. The van der Waals surface area contributed by atoms with Crippen molar-refractivity contribution in [2.24, 2.45) is 0 Å². The van der Waals surface area contributed by atoms with E-state index in [4.69, 9.17) is 9.84 Å². The van der Waals surface area contributed by atoms with Crippen LogP contribution in [0.2, 0.25) is 0 Å². The van der Waals surface area contributed by atoms with Gasteiger partial charge in [-0.3, -0.25) is 0 Å². The van der Waals surface area contributed by atoms with E-state index in [2.05, 4.69) is 0 Å². The zero-order chi connectivity index (χ0) is 12.4. The summed E-state index contributed by atoms with van der Waals surface area (Å²) in [5, 5.41) is 18.8. The molecule has 0 aliphatic heterocycles. The quantitative estimate of drug-likeness (QED) is 0.673. The Labute approximate surface area is 126 Å². The van der Waals surface area contributed by atoms with Gasteiger partial charge in [-0.15, -0.1) is 0 Å². The molecule has 17 heavy (non-hydrogen) atoms. The first-order valence-electron chi connectivity index (χ1n) is 4.71. The number of hydrogen-bond acceptors (Lipinski definition) is 3. The van der Waals surface area contributed by atoms with E-state index < -0.39 is 0 Å². The molecule has 0 spiro atoms. The van der Waals surface area contributed by atoms with E-state index in [-0.39, 0.29) is 11.5 Å². The van der Waals surface area contributed by atoms with Gasteiger partial charge < -0.3 is 14.9 Å². The molecule has 0 aliphatic carbocycles. The number of ether oxygens (including phenoxy) is 1. The highest BCUT2D eigenvalue weighted by atomic mass is 127. The first-order chi connectivity index (χ1) is 8.06. The van der Waals surface area contributed by atoms with Crippen LogP contribution in [0.25, 0.3) is 0 Å². The minimum atomic E-state index is 0.201. The fourth-order valence-corrected chi connectivity index (χ4v) is 2.96. The molecule has 0 saturated carbocycles. The molecule has 0 radical (unpaired) electrons. The molecular weight excluding hydrogens is 446 g/mol. The van der Waals surface area contributed by atoms with Gasteiger partial charge in [0, 0.05) is 0 Å². The van der Waals surface area contributed by atoms with Crippen molar-refractivity contribution in [2.45, 2.75) is 0 Å². The van der Waals surface area contributed by atoms with Gasteiger partial charge in [-0.2, -0.15) is 0 Å². The van der Waals surface area contributed by atoms with E-state index in [1.807, 2.05) is 45.2 Å². The standard InChI is InChI=1S/C12H8I2O3/c13-10-5-9(6-11(14)12(10)16)17-8-3-1-7(15)2-4-8/h1-6,15-16H. The third-order valence-corrected chi connectivity index (χ3v) is 3.71. The van der Waals surface area contributed by atoms with Crippen molar-refractivity contribution >= 4 is 45.2 Å². The average Bonchev–Trinajstić information content (AvgIpc) is 2.29. The van der Waals surface area contributed by atoms with Crippen molar-refractivity contribution in [1.29, 1.82) is 0 Å². The van der Waals surface area contributed by atoms with Crippen LogP contribution >= 0.6 is 45.2 Å². The van der Waals surface area contributed by atoms with Gasteiger partial charge in [0.2, 0.25) is 0 Å². The van der Waals surface area contributed by atoms with Gasteiger partial charge in [0.05, 0.1) is 7.14 Å². The molecule has 0 saturated heterocycles. The number of benzene rings is 2. The van der Waals surface area contributed by atoms with Crippen LogP contribution in [-0.4, -0.2) is 10.2 Å². The van der Waals surface area contributed by atoms with E-state index in [9.17, 15) is 5.11 Å². The van der Waals surface area contributed by atoms with E-state index in [0.717, 1.165) is 7.14 Å². The van der Waals surface area contributed by atoms with Crippen LogP contribution in [0.15, 0.2) is 36.4 Å². The van der Waals surface area contributed by atoms with Crippen molar-refractivity contribution in [1.82, 2.24) is 0 Å². The summed E-state index contributed by atoms with van der Waals surface area (Å²) < 4.78 is 7.10. The minimum Gasteiger partial charge on any atom is -0.508 e. The summed E-state index contributed by atoms with van der Waals surface area (Å²) in [5.74, 6) is 1.76. The summed E-state index contributed by atoms with van der Waals surface area (Å²) in [6.45, 7) is 0. The highest BCUT2D eigenvalue weighted by molar-refractivity contribution is 14.1. The second-order valence-corrected chi connectivity index (χ2v) is 5.66. The highest BCUT2D eigenvalue weighted by Gasteiger charge is 2.07. The molecule has 2 aromatic carbocycles. The summed E-state index contributed by atoms with van der Waals surface area (Å²) in [6, 6.07) is 10.00.